The van der Waals surface area contributed by atoms with Gasteiger partial charge in [-0.2, -0.15) is 0 Å². The van der Waals surface area contributed by atoms with E-state index in [2.05, 4.69) is 4.98 Å². The Morgan fingerprint density at radius 1 is 1.26 bits per heavy atom. The van der Waals surface area contributed by atoms with Gasteiger partial charge in [-0.25, -0.2) is 9.78 Å². The van der Waals surface area contributed by atoms with Crippen LogP contribution < -0.4 is 4.74 Å². The molecule has 19 heavy (non-hydrogen) atoms. The van der Waals surface area contributed by atoms with Gasteiger partial charge < -0.3 is 9.84 Å². The van der Waals surface area contributed by atoms with Gasteiger partial charge in [0.15, 0.2) is 0 Å². The fourth-order valence-corrected chi connectivity index (χ4v) is 1.46. The number of halogens is 1. The van der Waals surface area contributed by atoms with Crippen LogP contribution in [0.25, 0.3) is 0 Å². The first-order valence-corrected chi connectivity index (χ1v) is 6.16. The number of hydrogen-bond donors (Lipinski definition) is 1. The Labute approximate surface area is 116 Å². The number of carboxylic acids is 1. The summed E-state index contributed by atoms with van der Waals surface area (Å²) in [6, 6.07) is 9.63. The fraction of sp³-hybridized carbons (Fsp3) is 0.143. The van der Waals surface area contributed by atoms with E-state index >= 15 is 0 Å². The molecule has 2 aromatic rings. The third-order valence-electron chi connectivity index (χ3n) is 2.01. The lowest BCUT2D eigenvalue weighted by molar-refractivity contribution is 0.0693. The van der Waals surface area contributed by atoms with E-state index in [-0.39, 0.29) is 11.4 Å². The third kappa shape index (κ3) is 4.26. The molecule has 0 fully saturated rings. The van der Waals surface area contributed by atoms with Gasteiger partial charge in [-0.3, -0.25) is 0 Å². The van der Waals surface area contributed by atoms with E-state index < -0.39 is 5.97 Å². The molecule has 0 aliphatic heterocycles. The summed E-state index contributed by atoms with van der Waals surface area (Å²) in [4.78, 5) is 14.8. The Morgan fingerprint density at radius 2 is 2.00 bits per heavy atom. The number of hydrogen-bond acceptors (Lipinski definition) is 3. The molecule has 0 atom stereocenters. The summed E-state index contributed by atoms with van der Waals surface area (Å²) in [6.45, 7) is 4.00. The van der Waals surface area contributed by atoms with Gasteiger partial charge in [0.1, 0.15) is 11.3 Å². The zero-order valence-corrected chi connectivity index (χ0v) is 11.4. The molecular formula is C14H14ClNO3. The first-order valence-electron chi connectivity index (χ1n) is 5.78. The number of nitrogens with zero attached hydrogens (tertiary/aromatic N) is 1. The van der Waals surface area contributed by atoms with Crippen LogP contribution in [0.1, 0.15) is 24.2 Å². The molecule has 4 nitrogen and oxygen atoms in total. The van der Waals surface area contributed by atoms with E-state index in [0.717, 1.165) is 0 Å². The van der Waals surface area contributed by atoms with Gasteiger partial charge in [0, 0.05) is 11.2 Å². The molecule has 0 spiro atoms. The maximum Gasteiger partial charge on any atom is 0.341 e. The zero-order chi connectivity index (χ0) is 14.3. The van der Waals surface area contributed by atoms with Crippen molar-refractivity contribution in [2.24, 2.45) is 0 Å². The van der Waals surface area contributed by atoms with Crippen molar-refractivity contribution in [2.45, 2.75) is 13.8 Å². The molecule has 1 N–H and O–H groups in total. The van der Waals surface area contributed by atoms with Gasteiger partial charge in [0.05, 0.1) is 0 Å². The fourth-order valence-electron chi connectivity index (χ4n) is 1.28. The predicted molar refractivity (Wildman–Crippen MR) is 74.1 cm³/mol. The van der Waals surface area contributed by atoms with Crippen LogP contribution in [0, 0.1) is 0 Å². The summed E-state index contributed by atoms with van der Waals surface area (Å²) in [5, 5.41) is 9.46. The van der Waals surface area contributed by atoms with Gasteiger partial charge in [0.25, 0.3) is 0 Å². The molecule has 1 aromatic heterocycles. The molecule has 0 radical (unpaired) electrons. The second-order valence-electron chi connectivity index (χ2n) is 3.22. The van der Waals surface area contributed by atoms with Crippen LogP contribution >= 0.6 is 11.6 Å². The van der Waals surface area contributed by atoms with Crippen LogP contribution in [0.4, 0.5) is 0 Å². The topological polar surface area (TPSA) is 59.4 Å². The van der Waals surface area contributed by atoms with Crippen LogP contribution in [0.15, 0.2) is 42.6 Å². The van der Waals surface area contributed by atoms with Gasteiger partial charge in [-0.1, -0.05) is 31.5 Å². The number of pyridine rings is 1. The molecule has 2 rings (SSSR count). The number of aromatic nitrogens is 1. The summed E-state index contributed by atoms with van der Waals surface area (Å²) in [5.74, 6) is -0.601. The zero-order valence-electron chi connectivity index (χ0n) is 10.6. The highest BCUT2D eigenvalue weighted by Gasteiger charge is 2.12. The second-order valence-corrected chi connectivity index (χ2v) is 3.66. The summed E-state index contributed by atoms with van der Waals surface area (Å²) in [6.07, 6.45) is 1.46. The second kappa shape index (κ2) is 7.38. The summed E-state index contributed by atoms with van der Waals surface area (Å²) >= 11 is 5.80. The molecular weight excluding hydrogens is 266 g/mol. The lowest BCUT2D eigenvalue weighted by Crippen LogP contribution is -2.01. The first-order chi connectivity index (χ1) is 9.16. The third-order valence-corrected chi connectivity index (χ3v) is 2.25. The quantitative estimate of drug-likeness (QED) is 0.912. The van der Waals surface area contributed by atoms with Crippen molar-refractivity contribution in [1.82, 2.24) is 4.98 Å². The Bertz CT molecular complexity index is 558. The maximum atomic E-state index is 10.9. The van der Waals surface area contributed by atoms with Gasteiger partial charge in [-0.15, -0.1) is 0 Å². The van der Waals surface area contributed by atoms with Crippen molar-refractivity contribution in [1.29, 1.82) is 0 Å². The molecule has 0 aliphatic rings. The van der Waals surface area contributed by atoms with E-state index in [1.165, 1.54) is 18.3 Å². The van der Waals surface area contributed by atoms with Crippen molar-refractivity contribution in [2.75, 3.05) is 0 Å². The highest BCUT2D eigenvalue weighted by Crippen LogP contribution is 2.25. The van der Waals surface area contributed by atoms with Crippen molar-refractivity contribution in [3.63, 3.8) is 0 Å². The van der Waals surface area contributed by atoms with E-state index in [1.54, 1.807) is 24.3 Å². The number of carbonyl (C=O) groups is 1. The normalized spacial score (nSPS) is 9.21. The largest absolute Gasteiger partial charge is 0.477 e. The standard InChI is InChI=1S/C12H8ClNO3.C2H6/c13-8-3-1-4-9(7-8)17-11-10(12(15)16)5-2-6-14-11;1-2/h1-7H,(H,15,16);1-2H3. The van der Waals surface area contributed by atoms with E-state index in [4.69, 9.17) is 21.4 Å². The Hall–Kier alpha value is -2.07. The van der Waals surface area contributed by atoms with Crippen LogP contribution in [0.2, 0.25) is 5.02 Å². The molecule has 0 unspecified atom stereocenters. The predicted octanol–water partition coefficient (Wildman–Crippen LogP) is 4.25. The van der Waals surface area contributed by atoms with Crippen LogP contribution in [-0.4, -0.2) is 16.1 Å². The van der Waals surface area contributed by atoms with Crippen LogP contribution in [0.3, 0.4) is 0 Å². The Balaban J connectivity index is 0.000000861. The molecule has 1 aromatic carbocycles. The lowest BCUT2D eigenvalue weighted by atomic mass is 10.3. The molecule has 100 valence electrons. The summed E-state index contributed by atoms with van der Waals surface area (Å²) < 4.78 is 5.38. The van der Waals surface area contributed by atoms with Gasteiger partial charge >= 0.3 is 5.97 Å². The minimum atomic E-state index is -1.09. The number of rotatable bonds is 3. The van der Waals surface area contributed by atoms with Gasteiger partial charge in [-0.05, 0) is 30.3 Å². The van der Waals surface area contributed by atoms with Crippen LogP contribution in [-0.2, 0) is 0 Å². The SMILES string of the molecule is CC.O=C(O)c1cccnc1Oc1cccc(Cl)c1. The number of benzene rings is 1. The summed E-state index contributed by atoms with van der Waals surface area (Å²) in [5.41, 5.74) is 0.00692. The molecule has 0 amide bonds. The number of ether oxygens (including phenoxy) is 1. The van der Waals surface area contributed by atoms with Crippen molar-refractivity contribution < 1.29 is 14.6 Å². The Kier molecular flexibility index (Phi) is 5.82. The molecule has 1 heterocycles. The highest BCUT2D eigenvalue weighted by molar-refractivity contribution is 6.30. The maximum absolute atomic E-state index is 10.9. The minimum absolute atomic E-state index is 0.00692. The van der Waals surface area contributed by atoms with E-state index in [0.29, 0.717) is 10.8 Å². The number of aromatic carboxylic acids is 1. The Morgan fingerprint density at radius 3 is 2.63 bits per heavy atom. The van der Waals surface area contributed by atoms with Crippen LogP contribution in [0.5, 0.6) is 11.6 Å². The molecule has 0 bridgehead atoms. The van der Waals surface area contributed by atoms with E-state index in [1.807, 2.05) is 13.8 Å². The van der Waals surface area contributed by atoms with Crippen molar-refractivity contribution in [3.8, 4) is 11.6 Å². The smallest absolute Gasteiger partial charge is 0.341 e. The summed E-state index contributed by atoms with van der Waals surface area (Å²) in [7, 11) is 0. The average molecular weight is 280 g/mol. The number of carboxylic acid groups (broad SMARTS) is 1. The molecule has 0 saturated heterocycles. The highest BCUT2D eigenvalue weighted by atomic mass is 35.5. The molecule has 0 aliphatic carbocycles. The molecule has 0 saturated carbocycles. The van der Waals surface area contributed by atoms with Crippen molar-refractivity contribution in [3.05, 3.63) is 53.2 Å². The average Bonchev–Trinajstić information content (AvgIpc) is 2.41. The van der Waals surface area contributed by atoms with Gasteiger partial charge in [0.2, 0.25) is 5.88 Å². The lowest BCUT2D eigenvalue weighted by Gasteiger charge is -2.06. The minimum Gasteiger partial charge on any atom is -0.477 e. The molecule has 5 heteroatoms. The first kappa shape index (κ1) is 15.0. The monoisotopic (exact) mass is 279 g/mol. The van der Waals surface area contributed by atoms with Crippen molar-refractivity contribution >= 4 is 17.6 Å². The van der Waals surface area contributed by atoms with E-state index in [9.17, 15) is 4.79 Å².